The maximum absolute atomic E-state index is 13.9. The van der Waals surface area contributed by atoms with Gasteiger partial charge in [0.2, 0.25) is 5.91 Å². The highest BCUT2D eigenvalue weighted by atomic mass is 35.5. The Balaban J connectivity index is 2.13. The molecule has 0 aliphatic carbocycles. The summed E-state index contributed by atoms with van der Waals surface area (Å²) in [5, 5.41) is 8.27. The fourth-order valence-electron chi connectivity index (χ4n) is 2.87. The Morgan fingerprint density at radius 3 is 2.38 bits per heavy atom. The number of carbonyl (C=O) groups is 3. The third-order valence-electron chi connectivity index (χ3n) is 4.69. The first kappa shape index (κ1) is 25.3. The Kier molecular flexibility index (Phi) is 9.16. The van der Waals surface area contributed by atoms with E-state index in [2.05, 4.69) is 16.0 Å². The molecule has 2 rings (SSSR count). The quantitative estimate of drug-likeness (QED) is 0.534. The summed E-state index contributed by atoms with van der Waals surface area (Å²) in [6.07, 6.45) is 0. The van der Waals surface area contributed by atoms with Crippen molar-refractivity contribution in [3.8, 4) is 0 Å². The second kappa shape index (κ2) is 11.6. The molecule has 0 spiro atoms. The van der Waals surface area contributed by atoms with Gasteiger partial charge in [0.15, 0.2) is 0 Å². The Labute approximate surface area is 192 Å². The van der Waals surface area contributed by atoms with Gasteiger partial charge in [-0.15, -0.1) is 0 Å². The van der Waals surface area contributed by atoms with Gasteiger partial charge >= 0.3 is 0 Å². The second-order valence-electron chi connectivity index (χ2n) is 7.92. The van der Waals surface area contributed by atoms with Crippen molar-refractivity contribution in [2.75, 3.05) is 32.5 Å². The molecule has 1 atom stereocenters. The highest BCUT2D eigenvalue weighted by Crippen LogP contribution is 2.24. The average Bonchev–Trinajstić information content (AvgIpc) is 2.73. The number of anilines is 1. The number of hydrogen-bond donors (Lipinski definition) is 3. The van der Waals surface area contributed by atoms with E-state index in [-0.39, 0.29) is 28.1 Å². The van der Waals surface area contributed by atoms with Gasteiger partial charge in [0.05, 0.1) is 16.3 Å². The minimum Gasteiger partial charge on any atom is -0.351 e. The van der Waals surface area contributed by atoms with Crippen molar-refractivity contribution in [2.45, 2.75) is 19.9 Å². The molecule has 7 nitrogen and oxygen atoms in total. The van der Waals surface area contributed by atoms with Gasteiger partial charge in [0.25, 0.3) is 11.8 Å². The Hall–Kier alpha value is -2.97. The summed E-state index contributed by atoms with van der Waals surface area (Å²) in [5.74, 6) is -2.49. The van der Waals surface area contributed by atoms with Crippen molar-refractivity contribution in [2.24, 2.45) is 5.92 Å². The number of nitrogens with zero attached hydrogens (tertiary/aromatic N) is 1. The number of halogens is 2. The van der Waals surface area contributed by atoms with E-state index in [4.69, 9.17) is 11.6 Å². The maximum Gasteiger partial charge on any atom is 0.254 e. The molecule has 172 valence electrons. The molecule has 0 unspecified atom stereocenters. The number of benzene rings is 2. The van der Waals surface area contributed by atoms with E-state index in [9.17, 15) is 18.8 Å². The molecule has 0 fully saturated rings. The number of carbonyl (C=O) groups excluding carboxylic acids is 3. The van der Waals surface area contributed by atoms with Crippen molar-refractivity contribution in [3.63, 3.8) is 0 Å². The van der Waals surface area contributed by atoms with Crippen molar-refractivity contribution in [1.29, 1.82) is 0 Å². The fourth-order valence-corrected chi connectivity index (χ4v) is 3.03. The van der Waals surface area contributed by atoms with Crippen LogP contribution in [0.3, 0.4) is 0 Å². The SMILES string of the molecule is CC(C)[C@H](NC(=O)c1ccccc1F)C(=O)Nc1cc(C(=O)NCCN(C)C)ccc1Cl. The number of hydrogen-bond acceptors (Lipinski definition) is 4. The predicted octanol–water partition coefficient (Wildman–Crippen LogP) is 3.16. The fraction of sp³-hybridized carbons (Fsp3) is 0.348. The topological polar surface area (TPSA) is 90.5 Å². The molecule has 0 aromatic heterocycles. The summed E-state index contributed by atoms with van der Waals surface area (Å²) in [7, 11) is 3.80. The lowest BCUT2D eigenvalue weighted by Crippen LogP contribution is -2.47. The smallest absolute Gasteiger partial charge is 0.254 e. The molecule has 0 heterocycles. The van der Waals surface area contributed by atoms with Gasteiger partial charge < -0.3 is 20.9 Å². The number of nitrogens with one attached hydrogen (secondary N) is 3. The molecule has 0 aliphatic heterocycles. The van der Waals surface area contributed by atoms with E-state index in [0.29, 0.717) is 18.7 Å². The van der Waals surface area contributed by atoms with Crippen LogP contribution in [0, 0.1) is 11.7 Å². The summed E-state index contributed by atoms with van der Waals surface area (Å²) in [6, 6.07) is 9.13. The van der Waals surface area contributed by atoms with Gasteiger partial charge in [-0.05, 0) is 50.3 Å². The maximum atomic E-state index is 13.9. The van der Waals surface area contributed by atoms with Crippen LogP contribution in [0.1, 0.15) is 34.6 Å². The highest BCUT2D eigenvalue weighted by molar-refractivity contribution is 6.34. The third-order valence-corrected chi connectivity index (χ3v) is 5.01. The third kappa shape index (κ3) is 7.03. The summed E-state index contributed by atoms with van der Waals surface area (Å²) in [5.41, 5.74) is 0.419. The van der Waals surface area contributed by atoms with E-state index in [1.54, 1.807) is 19.9 Å². The van der Waals surface area contributed by atoms with Crippen molar-refractivity contribution in [3.05, 3.63) is 64.4 Å². The van der Waals surface area contributed by atoms with E-state index < -0.39 is 23.7 Å². The lowest BCUT2D eigenvalue weighted by atomic mass is 10.0. The summed E-state index contributed by atoms with van der Waals surface area (Å²) >= 11 is 6.21. The van der Waals surface area contributed by atoms with Gasteiger partial charge in [-0.1, -0.05) is 37.6 Å². The molecule has 0 saturated carbocycles. The lowest BCUT2D eigenvalue weighted by molar-refractivity contribution is -0.118. The van der Waals surface area contributed by atoms with Gasteiger partial charge in [-0.2, -0.15) is 0 Å². The first-order valence-electron chi connectivity index (χ1n) is 10.2. The molecule has 0 radical (unpaired) electrons. The monoisotopic (exact) mass is 462 g/mol. The molecule has 2 aromatic carbocycles. The van der Waals surface area contributed by atoms with Crippen molar-refractivity contribution < 1.29 is 18.8 Å². The van der Waals surface area contributed by atoms with Crippen molar-refractivity contribution in [1.82, 2.24) is 15.5 Å². The van der Waals surface area contributed by atoms with Crippen LogP contribution in [-0.4, -0.2) is 55.8 Å². The van der Waals surface area contributed by atoms with E-state index in [1.165, 1.54) is 36.4 Å². The first-order valence-corrected chi connectivity index (χ1v) is 10.6. The largest absolute Gasteiger partial charge is 0.351 e. The Morgan fingerprint density at radius 1 is 1.06 bits per heavy atom. The molecular formula is C23H28ClFN4O3. The van der Waals surface area contributed by atoms with Crippen LogP contribution in [0.25, 0.3) is 0 Å². The van der Waals surface area contributed by atoms with E-state index in [1.807, 2.05) is 19.0 Å². The van der Waals surface area contributed by atoms with Crippen LogP contribution in [0.2, 0.25) is 5.02 Å². The molecule has 0 bridgehead atoms. The summed E-state index contributed by atoms with van der Waals surface area (Å²) < 4.78 is 13.9. The molecule has 3 N–H and O–H groups in total. The minimum atomic E-state index is -0.948. The van der Waals surface area contributed by atoms with Crippen LogP contribution in [0.15, 0.2) is 42.5 Å². The molecule has 2 aromatic rings. The van der Waals surface area contributed by atoms with Gasteiger partial charge in [-0.3, -0.25) is 14.4 Å². The van der Waals surface area contributed by atoms with Crippen molar-refractivity contribution >= 4 is 35.0 Å². The zero-order valence-electron chi connectivity index (χ0n) is 18.5. The van der Waals surface area contributed by atoms with Crippen LogP contribution < -0.4 is 16.0 Å². The molecule has 32 heavy (non-hydrogen) atoms. The highest BCUT2D eigenvalue weighted by Gasteiger charge is 2.26. The van der Waals surface area contributed by atoms with Crippen LogP contribution >= 0.6 is 11.6 Å². The molecular weight excluding hydrogens is 435 g/mol. The van der Waals surface area contributed by atoms with E-state index >= 15 is 0 Å². The first-order chi connectivity index (χ1) is 15.1. The normalized spacial score (nSPS) is 11.9. The lowest BCUT2D eigenvalue weighted by Gasteiger charge is -2.22. The minimum absolute atomic E-state index is 0.152. The number of likely N-dealkylation sites (N-methyl/N-ethyl adjacent to an activating group) is 1. The molecule has 0 saturated heterocycles. The second-order valence-corrected chi connectivity index (χ2v) is 8.33. The molecule has 9 heteroatoms. The van der Waals surface area contributed by atoms with Gasteiger partial charge in [0.1, 0.15) is 11.9 Å². The Morgan fingerprint density at radius 2 is 1.75 bits per heavy atom. The zero-order chi connectivity index (χ0) is 23.8. The van der Waals surface area contributed by atoms with Crippen LogP contribution in [-0.2, 0) is 4.79 Å². The average molecular weight is 463 g/mol. The summed E-state index contributed by atoms with van der Waals surface area (Å²) in [6.45, 7) is 4.65. The van der Waals surface area contributed by atoms with E-state index in [0.717, 1.165) is 0 Å². The zero-order valence-corrected chi connectivity index (χ0v) is 19.3. The van der Waals surface area contributed by atoms with Crippen LogP contribution in [0.4, 0.5) is 10.1 Å². The predicted molar refractivity (Wildman–Crippen MR) is 123 cm³/mol. The molecule has 0 aliphatic rings. The number of rotatable bonds is 9. The van der Waals surface area contributed by atoms with Crippen LogP contribution in [0.5, 0.6) is 0 Å². The number of amides is 3. The summed E-state index contributed by atoms with van der Waals surface area (Å²) in [4.78, 5) is 39.7. The Bertz CT molecular complexity index is 981. The van der Waals surface area contributed by atoms with Gasteiger partial charge in [-0.25, -0.2) is 4.39 Å². The standard InChI is InChI=1S/C23H28ClFN4O3/c1-14(2)20(28-22(31)16-7-5-6-8-18(16)25)23(32)27-19-13-15(9-10-17(19)24)21(30)26-11-12-29(3)4/h5-10,13-14,20H,11-12H2,1-4H3,(H,26,30)(H,27,32)(H,28,31)/t20-/m0/s1. The van der Waals surface area contributed by atoms with Gasteiger partial charge in [0, 0.05) is 18.7 Å². The molecule has 3 amide bonds.